The number of carbonyl (C=O) groups is 2. The fourth-order valence-corrected chi connectivity index (χ4v) is 2.62. The van der Waals surface area contributed by atoms with Crippen LogP contribution < -0.4 is 10.6 Å². The van der Waals surface area contributed by atoms with Crippen molar-refractivity contribution >= 4 is 11.8 Å². The summed E-state index contributed by atoms with van der Waals surface area (Å²) in [6, 6.07) is 23.0. The predicted molar refractivity (Wildman–Crippen MR) is 102 cm³/mol. The van der Waals surface area contributed by atoms with Crippen molar-refractivity contribution in [2.24, 2.45) is 0 Å². The van der Waals surface area contributed by atoms with E-state index in [0.29, 0.717) is 11.1 Å². The molecule has 0 unspecified atom stereocenters. The van der Waals surface area contributed by atoms with Gasteiger partial charge in [0.1, 0.15) is 5.82 Å². The van der Waals surface area contributed by atoms with Crippen LogP contribution in [0.25, 0.3) is 11.1 Å². The maximum absolute atomic E-state index is 13.1. The lowest BCUT2D eigenvalue weighted by atomic mass is 10.0. The van der Waals surface area contributed by atoms with Crippen LogP contribution in [0.2, 0.25) is 0 Å². The highest BCUT2D eigenvalue weighted by Crippen LogP contribution is 2.19. The average molecular weight is 362 g/mol. The van der Waals surface area contributed by atoms with Crippen LogP contribution in [-0.2, 0) is 11.3 Å². The molecule has 0 fully saturated rings. The van der Waals surface area contributed by atoms with Crippen LogP contribution in [0.5, 0.6) is 0 Å². The summed E-state index contributed by atoms with van der Waals surface area (Å²) in [5, 5.41) is 5.22. The molecule has 0 bridgehead atoms. The summed E-state index contributed by atoms with van der Waals surface area (Å²) in [7, 11) is 0. The van der Waals surface area contributed by atoms with E-state index in [4.69, 9.17) is 0 Å². The van der Waals surface area contributed by atoms with Crippen LogP contribution in [0.4, 0.5) is 4.39 Å². The van der Waals surface area contributed by atoms with Crippen molar-refractivity contribution in [2.45, 2.75) is 6.54 Å². The lowest BCUT2D eigenvalue weighted by Gasteiger charge is -2.08. The van der Waals surface area contributed by atoms with Crippen molar-refractivity contribution in [2.75, 3.05) is 6.54 Å². The third-order valence-electron chi connectivity index (χ3n) is 4.04. The second-order valence-electron chi connectivity index (χ2n) is 6.03. The normalized spacial score (nSPS) is 10.3. The van der Waals surface area contributed by atoms with Gasteiger partial charge in [-0.3, -0.25) is 9.59 Å². The first-order valence-corrected chi connectivity index (χ1v) is 8.56. The summed E-state index contributed by atoms with van der Waals surface area (Å²) in [6.07, 6.45) is 0. The SMILES string of the molecule is O=C(CNC(=O)c1ccc(-c2ccccc2)cc1)NCc1cccc(F)c1. The Bertz CT molecular complexity index is 925. The van der Waals surface area contributed by atoms with Gasteiger partial charge in [0.05, 0.1) is 6.54 Å². The van der Waals surface area contributed by atoms with Crippen molar-refractivity contribution in [3.63, 3.8) is 0 Å². The molecule has 2 amide bonds. The molecule has 0 radical (unpaired) electrons. The van der Waals surface area contributed by atoms with Gasteiger partial charge in [-0.15, -0.1) is 0 Å². The van der Waals surface area contributed by atoms with Crippen LogP contribution in [0, 0.1) is 5.82 Å². The lowest BCUT2D eigenvalue weighted by Crippen LogP contribution is -2.36. The number of hydrogen-bond donors (Lipinski definition) is 2. The molecule has 0 aromatic heterocycles. The molecule has 0 aliphatic carbocycles. The molecule has 0 saturated heterocycles. The first-order chi connectivity index (χ1) is 13.1. The number of rotatable bonds is 6. The molecule has 3 aromatic carbocycles. The third kappa shape index (κ3) is 5.25. The standard InChI is InChI=1S/C22H19FN2O2/c23-20-8-4-5-16(13-20)14-24-21(26)15-25-22(27)19-11-9-18(10-12-19)17-6-2-1-3-7-17/h1-13H,14-15H2,(H,24,26)(H,25,27). The minimum absolute atomic E-state index is 0.144. The van der Waals surface area contributed by atoms with Crippen LogP contribution >= 0.6 is 0 Å². The molecular formula is C22H19FN2O2. The number of halogens is 1. The van der Waals surface area contributed by atoms with E-state index in [1.165, 1.54) is 12.1 Å². The van der Waals surface area contributed by atoms with Gasteiger partial charge in [0.25, 0.3) is 5.91 Å². The average Bonchev–Trinajstić information content (AvgIpc) is 2.71. The van der Waals surface area contributed by atoms with Crippen LogP contribution in [-0.4, -0.2) is 18.4 Å². The highest BCUT2D eigenvalue weighted by atomic mass is 19.1. The van der Waals surface area contributed by atoms with E-state index in [9.17, 15) is 14.0 Å². The molecule has 136 valence electrons. The van der Waals surface area contributed by atoms with Gasteiger partial charge in [0.15, 0.2) is 0 Å². The Kier molecular flexibility index (Phi) is 5.94. The number of hydrogen-bond acceptors (Lipinski definition) is 2. The van der Waals surface area contributed by atoms with E-state index in [1.54, 1.807) is 24.3 Å². The van der Waals surface area contributed by atoms with Crippen molar-refractivity contribution < 1.29 is 14.0 Å². The first-order valence-electron chi connectivity index (χ1n) is 8.56. The van der Waals surface area contributed by atoms with Gasteiger partial charge in [0.2, 0.25) is 5.91 Å². The molecule has 0 heterocycles. The van der Waals surface area contributed by atoms with E-state index >= 15 is 0 Å². The van der Waals surface area contributed by atoms with Gasteiger partial charge >= 0.3 is 0 Å². The van der Waals surface area contributed by atoms with Gasteiger partial charge in [0, 0.05) is 12.1 Å². The Morgan fingerprint density at radius 1 is 0.778 bits per heavy atom. The summed E-state index contributed by atoms with van der Waals surface area (Å²) in [5.41, 5.74) is 3.22. The largest absolute Gasteiger partial charge is 0.350 e. The number of benzene rings is 3. The quantitative estimate of drug-likeness (QED) is 0.705. The Morgan fingerprint density at radius 3 is 2.19 bits per heavy atom. The fourth-order valence-electron chi connectivity index (χ4n) is 2.62. The molecule has 5 heteroatoms. The summed E-state index contributed by atoms with van der Waals surface area (Å²) >= 11 is 0. The van der Waals surface area contributed by atoms with Crippen LogP contribution in [0.1, 0.15) is 15.9 Å². The van der Waals surface area contributed by atoms with Crippen molar-refractivity contribution in [1.82, 2.24) is 10.6 Å². The van der Waals surface area contributed by atoms with Crippen LogP contribution in [0.3, 0.4) is 0 Å². The molecule has 0 atom stereocenters. The smallest absolute Gasteiger partial charge is 0.251 e. The molecule has 0 saturated carbocycles. The molecule has 0 aliphatic rings. The van der Waals surface area contributed by atoms with Crippen molar-refractivity contribution in [3.8, 4) is 11.1 Å². The highest BCUT2D eigenvalue weighted by molar-refractivity contribution is 5.96. The summed E-state index contributed by atoms with van der Waals surface area (Å²) < 4.78 is 13.1. The van der Waals surface area contributed by atoms with Gasteiger partial charge in [-0.25, -0.2) is 4.39 Å². The van der Waals surface area contributed by atoms with Gasteiger partial charge < -0.3 is 10.6 Å². The highest BCUT2D eigenvalue weighted by Gasteiger charge is 2.08. The minimum Gasteiger partial charge on any atom is -0.350 e. The Morgan fingerprint density at radius 2 is 1.48 bits per heavy atom. The molecule has 2 N–H and O–H groups in total. The van der Waals surface area contributed by atoms with E-state index in [2.05, 4.69) is 10.6 Å². The Hall–Kier alpha value is -3.47. The van der Waals surface area contributed by atoms with E-state index < -0.39 is 0 Å². The summed E-state index contributed by atoms with van der Waals surface area (Å²) in [6.45, 7) is 0.0623. The predicted octanol–water partition coefficient (Wildman–Crippen LogP) is 3.54. The van der Waals surface area contributed by atoms with E-state index in [-0.39, 0.29) is 30.7 Å². The fraction of sp³-hybridized carbons (Fsp3) is 0.0909. The zero-order valence-corrected chi connectivity index (χ0v) is 14.6. The van der Waals surface area contributed by atoms with Crippen LogP contribution in [0.15, 0.2) is 78.9 Å². The molecule has 27 heavy (non-hydrogen) atoms. The Labute approximate surface area is 157 Å². The maximum Gasteiger partial charge on any atom is 0.251 e. The van der Waals surface area contributed by atoms with Gasteiger partial charge in [-0.2, -0.15) is 0 Å². The van der Waals surface area contributed by atoms with E-state index in [1.807, 2.05) is 42.5 Å². The minimum atomic E-state index is -0.353. The van der Waals surface area contributed by atoms with Gasteiger partial charge in [-0.1, -0.05) is 54.6 Å². The van der Waals surface area contributed by atoms with Crippen molar-refractivity contribution in [1.29, 1.82) is 0 Å². The monoisotopic (exact) mass is 362 g/mol. The molecule has 4 nitrogen and oxygen atoms in total. The number of nitrogens with one attached hydrogen (secondary N) is 2. The second-order valence-corrected chi connectivity index (χ2v) is 6.03. The molecule has 0 spiro atoms. The zero-order valence-electron chi connectivity index (χ0n) is 14.6. The Balaban J connectivity index is 1.49. The second kappa shape index (κ2) is 8.76. The number of amides is 2. The van der Waals surface area contributed by atoms with Crippen molar-refractivity contribution in [3.05, 3.63) is 95.8 Å². The van der Waals surface area contributed by atoms with E-state index in [0.717, 1.165) is 11.1 Å². The molecule has 0 aliphatic heterocycles. The lowest BCUT2D eigenvalue weighted by molar-refractivity contribution is -0.120. The first kappa shape index (κ1) is 18.3. The molecular weight excluding hydrogens is 343 g/mol. The summed E-state index contributed by atoms with van der Waals surface area (Å²) in [5.74, 6) is -1.02. The summed E-state index contributed by atoms with van der Waals surface area (Å²) in [4.78, 5) is 24.0. The molecule has 3 aromatic rings. The zero-order chi connectivity index (χ0) is 19.1. The molecule has 3 rings (SSSR count). The topological polar surface area (TPSA) is 58.2 Å². The number of carbonyl (C=O) groups excluding carboxylic acids is 2. The maximum atomic E-state index is 13.1. The third-order valence-corrected chi connectivity index (χ3v) is 4.04. The van der Waals surface area contributed by atoms with Gasteiger partial charge in [-0.05, 0) is 41.0 Å².